The molecule has 0 rings (SSSR count). The number of nitrogens with zero attached hydrogens (tertiary/aromatic N) is 3. The van der Waals surface area contributed by atoms with Crippen LogP contribution < -0.4 is 0 Å². The average Bonchev–Trinajstić information content (AvgIpc) is 2.27. The normalized spacial score (nSPS) is 11.9. The van der Waals surface area contributed by atoms with Crippen LogP contribution in [-0.2, 0) is 4.79 Å². The van der Waals surface area contributed by atoms with E-state index in [9.17, 15) is 4.79 Å². The Kier molecular flexibility index (Phi) is 8.20. The Hall–Kier alpha value is -0.610. The van der Waals surface area contributed by atoms with Crippen LogP contribution in [-0.4, -0.2) is 67.0 Å². The fourth-order valence-electron chi connectivity index (χ4n) is 1.51. The summed E-state index contributed by atoms with van der Waals surface area (Å²) in [5, 5.41) is 0. The highest BCUT2D eigenvalue weighted by atomic mass is 16.2. The van der Waals surface area contributed by atoms with Crippen LogP contribution in [0.3, 0.4) is 0 Å². The summed E-state index contributed by atoms with van der Waals surface area (Å²) in [5.74, 6) is 0.236. The van der Waals surface area contributed by atoms with Crippen LogP contribution in [0.1, 0.15) is 40.5 Å². The molecule has 0 aliphatic carbocycles. The van der Waals surface area contributed by atoms with Gasteiger partial charge in [0.05, 0.1) is 6.67 Å². The van der Waals surface area contributed by atoms with Crippen molar-refractivity contribution in [2.24, 2.45) is 0 Å². The van der Waals surface area contributed by atoms with Crippen molar-refractivity contribution in [2.45, 2.75) is 52.6 Å². The number of rotatable bonds is 8. The topological polar surface area (TPSA) is 26.8 Å². The maximum Gasteiger partial charge on any atom is 0.223 e. The predicted octanol–water partition coefficient (Wildman–Crippen LogP) is 1.86. The maximum atomic E-state index is 11.9. The fraction of sp³-hybridized carbons (Fsp3) is 0.929. The second kappa shape index (κ2) is 8.48. The predicted molar refractivity (Wildman–Crippen MR) is 77.5 cm³/mol. The van der Waals surface area contributed by atoms with E-state index >= 15 is 0 Å². The minimum absolute atomic E-state index is 0.236. The molecule has 108 valence electrons. The first kappa shape index (κ1) is 17.4. The molecular formula is C14H31N3O. The Morgan fingerprint density at radius 3 is 1.89 bits per heavy atom. The molecule has 0 saturated carbocycles. The van der Waals surface area contributed by atoms with Gasteiger partial charge in [0.25, 0.3) is 0 Å². The Labute approximate surface area is 113 Å². The molecule has 1 amide bonds. The zero-order valence-corrected chi connectivity index (χ0v) is 13.2. The largest absolute Gasteiger partial charge is 0.333 e. The van der Waals surface area contributed by atoms with Crippen LogP contribution >= 0.6 is 0 Å². The van der Waals surface area contributed by atoms with Gasteiger partial charge in [-0.25, -0.2) is 0 Å². The molecule has 18 heavy (non-hydrogen) atoms. The van der Waals surface area contributed by atoms with Crippen LogP contribution in [0.4, 0.5) is 0 Å². The Morgan fingerprint density at radius 1 is 0.944 bits per heavy atom. The minimum atomic E-state index is 0.236. The molecule has 4 nitrogen and oxygen atoms in total. The highest BCUT2D eigenvalue weighted by Crippen LogP contribution is 2.02. The monoisotopic (exact) mass is 257 g/mol. The second-order valence-corrected chi connectivity index (χ2v) is 5.76. The lowest BCUT2D eigenvalue weighted by molar-refractivity contribution is -0.132. The van der Waals surface area contributed by atoms with Crippen LogP contribution in [0.15, 0.2) is 0 Å². The van der Waals surface area contributed by atoms with Crippen molar-refractivity contribution in [2.75, 3.05) is 34.4 Å². The maximum absolute atomic E-state index is 11.9. The summed E-state index contributed by atoms with van der Waals surface area (Å²) in [7, 11) is 6.03. The molecule has 0 aliphatic heterocycles. The van der Waals surface area contributed by atoms with Gasteiger partial charge in [0.2, 0.25) is 5.91 Å². The number of carbonyl (C=O) groups is 1. The van der Waals surface area contributed by atoms with Crippen molar-refractivity contribution in [3.05, 3.63) is 0 Å². The van der Waals surface area contributed by atoms with Crippen molar-refractivity contribution >= 4 is 5.91 Å². The molecule has 0 spiro atoms. The Bertz CT molecular complexity index is 241. The van der Waals surface area contributed by atoms with Crippen LogP contribution in [0.5, 0.6) is 0 Å². The van der Waals surface area contributed by atoms with Gasteiger partial charge >= 0.3 is 0 Å². The van der Waals surface area contributed by atoms with E-state index in [0.29, 0.717) is 25.2 Å². The lowest BCUT2D eigenvalue weighted by atomic mass is 10.2. The standard InChI is InChI=1S/C14H31N3O/c1-12(2)15(5)10-8-9-14(18)17(7)11-16(6)13(3)4/h12-13H,8-11H2,1-7H3. The van der Waals surface area contributed by atoms with Gasteiger partial charge in [0, 0.05) is 25.6 Å². The number of hydrogen-bond acceptors (Lipinski definition) is 3. The van der Waals surface area contributed by atoms with Gasteiger partial charge in [-0.1, -0.05) is 0 Å². The van der Waals surface area contributed by atoms with Crippen LogP contribution in [0.2, 0.25) is 0 Å². The number of amides is 1. The molecule has 0 saturated heterocycles. The van der Waals surface area contributed by atoms with E-state index in [0.717, 1.165) is 13.0 Å². The zero-order valence-electron chi connectivity index (χ0n) is 13.2. The van der Waals surface area contributed by atoms with E-state index in [1.165, 1.54) is 0 Å². The van der Waals surface area contributed by atoms with Crippen molar-refractivity contribution in [1.82, 2.24) is 14.7 Å². The summed E-state index contributed by atoms with van der Waals surface area (Å²) in [6.45, 7) is 10.3. The van der Waals surface area contributed by atoms with E-state index in [2.05, 4.69) is 44.5 Å². The van der Waals surface area contributed by atoms with Gasteiger partial charge in [-0.2, -0.15) is 0 Å². The van der Waals surface area contributed by atoms with Gasteiger partial charge in [-0.05, 0) is 54.8 Å². The molecule has 0 bridgehead atoms. The first-order chi connectivity index (χ1) is 8.25. The van der Waals surface area contributed by atoms with Gasteiger partial charge in [0.1, 0.15) is 0 Å². The van der Waals surface area contributed by atoms with E-state index in [1.807, 2.05) is 19.0 Å². The highest BCUT2D eigenvalue weighted by molar-refractivity contribution is 5.75. The SMILES string of the molecule is CC(C)N(C)CCCC(=O)N(C)CN(C)C(C)C. The molecule has 0 N–H and O–H groups in total. The van der Waals surface area contributed by atoms with Crippen molar-refractivity contribution in [1.29, 1.82) is 0 Å². The van der Waals surface area contributed by atoms with Crippen molar-refractivity contribution < 1.29 is 4.79 Å². The molecule has 0 aliphatic rings. The van der Waals surface area contributed by atoms with Crippen molar-refractivity contribution in [3.63, 3.8) is 0 Å². The van der Waals surface area contributed by atoms with Gasteiger partial charge in [-0.3, -0.25) is 9.69 Å². The number of hydrogen-bond donors (Lipinski definition) is 0. The van der Waals surface area contributed by atoms with Crippen molar-refractivity contribution in [3.8, 4) is 0 Å². The second-order valence-electron chi connectivity index (χ2n) is 5.76. The molecule has 0 aromatic rings. The van der Waals surface area contributed by atoms with Gasteiger partial charge in [0.15, 0.2) is 0 Å². The third kappa shape index (κ3) is 6.97. The molecule has 0 unspecified atom stereocenters. The van der Waals surface area contributed by atoms with Gasteiger partial charge < -0.3 is 9.80 Å². The Balaban J connectivity index is 3.88. The summed E-state index contributed by atoms with van der Waals surface area (Å²) >= 11 is 0. The molecule has 0 heterocycles. The molecule has 0 atom stereocenters. The summed E-state index contributed by atoms with van der Waals surface area (Å²) in [5.41, 5.74) is 0. The zero-order chi connectivity index (χ0) is 14.3. The molecule has 0 radical (unpaired) electrons. The van der Waals surface area contributed by atoms with Gasteiger partial charge in [-0.15, -0.1) is 0 Å². The summed E-state index contributed by atoms with van der Waals surface area (Å²) < 4.78 is 0. The lowest BCUT2D eigenvalue weighted by Gasteiger charge is -2.28. The molecule has 0 aromatic carbocycles. The molecule has 0 fully saturated rings. The summed E-state index contributed by atoms with van der Waals surface area (Å²) in [6, 6.07) is 1.01. The van der Waals surface area contributed by atoms with E-state index in [-0.39, 0.29) is 5.91 Å². The quantitative estimate of drug-likeness (QED) is 0.621. The Morgan fingerprint density at radius 2 is 1.44 bits per heavy atom. The van der Waals surface area contributed by atoms with E-state index < -0.39 is 0 Å². The summed E-state index contributed by atoms with van der Waals surface area (Å²) in [4.78, 5) is 18.2. The molecular weight excluding hydrogens is 226 g/mol. The summed E-state index contributed by atoms with van der Waals surface area (Å²) in [6.07, 6.45) is 1.57. The van der Waals surface area contributed by atoms with Crippen LogP contribution in [0, 0.1) is 0 Å². The molecule has 4 heteroatoms. The lowest BCUT2D eigenvalue weighted by Crippen LogP contribution is -2.40. The minimum Gasteiger partial charge on any atom is -0.333 e. The number of carbonyl (C=O) groups excluding carboxylic acids is 1. The van der Waals surface area contributed by atoms with E-state index in [1.54, 1.807) is 0 Å². The molecule has 0 aromatic heterocycles. The smallest absolute Gasteiger partial charge is 0.223 e. The highest BCUT2D eigenvalue weighted by Gasteiger charge is 2.12. The first-order valence-corrected chi connectivity index (χ1v) is 6.90. The first-order valence-electron chi connectivity index (χ1n) is 6.90. The third-order valence-electron chi connectivity index (χ3n) is 3.53. The van der Waals surface area contributed by atoms with E-state index in [4.69, 9.17) is 0 Å². The fourth-order valence-corrected chi connectivity index (χ4v) is 1.51. The average molecular weight is 257 g/mol. The van der Waals surface area contributed by atoms with Crippen LogP contribution in [0.25, 0.3) is 0 Å². The third-order valence-corrected chi connectivity index (χ3v) is 3.53.